The Bertz CT molecular complexity index is 298. The molecule has 1 N–H and O–H groups in total. The SMILES string of the molecule is CCCC(=O)ONC(C)c1ccccc1. The fraction of sp³-hybridized carbons (Fsp3) is 0.417. The van der Waals surface area contributed by atoms with Gasteiger partial charge in [-0.15, -0.1) is 5.48 Å². The lowest BCUT2D eigenvalue weighted by Gasteiger charge is -2.13. The predicted molar refractivity (Wildman–Crippen MR) is 59.0 cm³/mol. The molecule has 0 bridgehead atoms. The molecule has 1 aromatic carbocycles. The van der Waals surface area contributed by atoms with Crippen LogP contribution in [0.4, 0.5) is 0 Å². The van der Waals surface area contributed by atoms with Crippen molar-refractivity contribution in [2.75, 3.05) is 0 Å². The topological polar surface area (TPSA) is 38.3 Å². The van der Waals surface area contributed by atoms with E-state index in [1.165, 1.54) is 0 Å². The highest BCUT2D eigenvalue weighted by Gasteiger charge is 2.07. The first-order valence-electron chi connectivity index (χ1n) is 5.24. The lowest BCUT2D eigenvalue weighted by atomic mass is 10.1. The second-order valence-corrected chi connectivity index (χ2v) is 3.47. The van der Waals surface area contributed by atoms with E-state index in [9.17, 15) is 4.79 Å². The molecule has 0 saturated carbocycles. The summed E-state index contributed by atoms with van der Waals surface area (Å²) < 4.78 is 0. The number of hydrogen-bond acceptors (Lipinski definition) is 3. The minimum absolute atomic E-state index is 0.0204. The second-order valence-electron chi connectivity index (χ2n) is 3.47. The number of hydroxylamine groups is 1. The van der Waals surface area contributed by atoms with Crippen molar-refractivity contribution in [2.45, 2.75) is 32.7 Å². The van der Waals surface area contributed by atoms with Crippen molar-refractivity contribution in [3.63, 3.8) is 0 Å². The van der Waals surface area contributed by atoms with Gasteiger partial charge in [0.05, 0.1) is 6.04 Å². The zero-order chi connectivity index (χ0) is 11.1. The summed E-state index contributed by atoms with van der Waals surface area (Å²) in [6.45, 7) is 3.90. The molecule has 1 atom stereocenters. The van der Waals surface area contributed by atoms with Crippen molar-refractivity contribution in [1.29, 1.82) is 0 Å². The third kappa shape index (κ3) is 4.13. The van der Waals surface area contributed by atoms with Crippen LogP contribution in [-0.4, -0.2) is 5.97 Å². The van der Waals surface area contributed by atoms with E-state index >= 15 is 0 Å². The summed E-state index contributed by atoms with van der Waals surface area (Å²) in [5.74, 6) is -0.208. The Hall–Kier alpha value is -1.35. The molecule has 0 fully saturated rings. The summed E-state index contributed by atoms with van der Waals surface area (Å²) in [6.07, 6.45) is 1.26. The van der Waals surface area contributed by atoms with Gasteiger partial charge >= 0.3 is 5.97 Å². The van der Waals surface area contributed by atoms with Crippen LogP contribution in [0.2, 0.25) is 0 Å². The minimum Gasteiger partial charge on any atom is -0.370 e. The second kappa shape index (κ2) is 6.19. The van der Waals surface area contributed by atoms with Crippen molar-refractivity contribution in [3.05, 3.63) is 35.9 Å². The first-order valence-corrected chi connectivity index (χ1v) is 5.24. The van der Waals surface area contributed by atoms with Crippen molar-refractivity contribution in [3.8, 4) is 0 Å². The maximum Gasteiger partial charge on any atom is 0.324 e. The summed E-state index contributed by atoms with van der Waals surface area (Å²) in [5, 5.41) is 0. The highest BCUT2D eigenvalue weighted by Crippen LogP contribution is 2.10. The van der Waals surface area contributed by atoms with Crippen LogP contribution in [0.15, 0.2) is 30.3 Å². The predicted octanol–water partition coefficient (Wildman–Crippen LogP) is 2.60. The molecule has 82 valence electrons. The molecule has 0 aliphatic rings. The zero-order valence-corrected chi connectivity index (χ0v) is 9.19. The lowest BCUT2D eigenvalue weighted by molar-refractivity contribution is -0.152. The first-order chi connectivity index (χ1) is 7.24. The van der Waals surface area contributed by atoms with Crippen LogP contribution in [0.3, 0.4) is 0 Å². The van der Waals surface area contributed by atoms with E-state index in [2.05, 4.69) is 5.48 Å². The third-order valence-electron chi connectivity index (χ3n) is 2.10. The Morgan fingerprint density at radius 1 is 1.40 bits per heavy atom. The van der Waals surface area contributed by atoms with E-state index in [1.807, 2.05) is 44.2 Å². The summed E-state index contributed by atoms with van der Waals surface area (Å²) in [5.41, 5.74) is 3.83. The Morgan fingerprint density at radius 2 is 2.07 bits per heavy atom. The van der Waals surface area contributed by atoms with E-state index in [4.69, 9.17) is 4.84 Å². The van der Waals surface area contributed by atoms with Crippen molar-refractivity contribution >= 4 is 5.97 Å². The molecule has 1 rings (SSSR count). The highest BCUT2D eigenvalue weighted by atomic mass is 16.7. The molecule has 3 nitrogen and oxygen atoms in total. The van der Waals surface area contributed by atoms with Gasteiger partial charge in [0.25, 0.3) is 0 Å². The van der Waals surface area contributed by atoms with Crippen LogP contribution >= 0.6 is 0 Å². The third-order valence-corrected chi connectivity index (χ3v) is 2.10. The van der Waals surface area contributed by atoms with Gasteiger partial charge in [-0.3, -0.25) is 4.79 Å². The summed E-state index contributed by atoms with van der Waals surface area (Å²) >= 11 is 0. The number of benzene rings is 1. The van der Waals surface area contributed by atoms with Gasteiger partial charge in [0.15, 0.2) is 0 Å². The normalized spacial score (nSPS) is 12.1. The van der Waals surface area contributed by atoms with Crippen LogP contribution < -0.4 is 5.48 Å². The molecule has 3 heteroatoms. The smallest absolute Gasteiger partial charge is 0.324 e. The molecule has 0 saturated heterocycles. The number of carbonyl (C=O) groups excluding carboxylic acids is 1. The molecule has 1 aromatic rings. The maximum absolute atomic E-state index is 11.1. The average Bonchev–Trinajstić information content (AvgIpc) is 2.27. The Balaban J connectivity index is 2.37. The van der Waals surface area contributed by atoms with E-state index in [0.29, 0.717) is 6.42 Å². The summed E-state index contributed by atoms with van der Waals surface area (Å²) in [6, 6.07) is 9.88. The van der Waals surface area contributed by atoms with Crippen LogP contribution in [-0.2, 0) is 9.63 Å². The summed E-state index contributed by atoms with van der Waals surface area (Å²) in [7, 11) is 0. The molecule has 1 unspecified atom stereocenters. The number of nitrogens with one attached hydrogen (secondary N) is 1. The van der Waals surface area contributed by atoms with Crippen molar-refractivity contribution in [2.24, 2.45) is 0 Å². The Labute approximate surface area is 90.4 Å². The molecular formula is C12H17NO2. The molecule has 0 heterocycles. The van der Waals surface area contributed by atoms with Gasteiger partial charge < -0.3 is 4.84 Å². The Kier molecular flexibility index (Phi) is 4.84. The number of rotatable bonds is 5. The Morgan fingerprint density at radius 3 is 2.67 bits per heavy atom. The van der Waals surface area contributed by atoms with Gasteiger partial charge in [-0.1, -0.05) is 37.3 Å². The standard InChI is InChI=1S/C12H17NO2/c1-3-7-12(14)15-13-10(2)11-8-5-4-6-9-11/h4-6,8-10,13H,3,7H2,1-2H3. The molecule has 0 amide bonds. The monoisotopic (exact) mass is 207 g/mol. The highest BCUT2D eigenvalue weighted by molar-refractivity contribution is 5.68. The van der Waals surface area contributed by atoms with Gasteiger partial charge in [-0.2, -0.15) is 0 Å². The fourth-order valence-corrected chi connectivity index (χ4v) is 1.22. The minimum atomic E-state index is -0.208. The molecule has 15 heavy (non-hydrogen) atoms. The van der Waals surface area contributed by atoms with Crippen LogP contribution in [0, 0.1) is 0 Å². The first kappa shape index (κ1) is 11.7. The largest absolute Gasteiger partial charge is 0.370 e. The van der Waals surface area contributed by atoms with Crippen LogP contribution in [0.25, 0.3) is 0 Å². The van der Waals surface area contributed by atoms with Crippen molar-refractivity contribution < 1.29 is 9.63 Å². The molecular weight excluding hydrogens is 190 g/mol. The van der Waals surface area contributed by atoms with Crippen LogP contribution in [0.5, 0.6) is 0 Å². The maximum atomic E-state index is 11.1. The van der Waals surface area contributed by atoms with Crippen LogP contribution in [0.1, 0.15) is 38.3 Å². The van der Waals surface area contributed by atoms with Gasteiger partial charge in [-0.05, 0) is 18.9 Å². The van der Waals surface area contributed by atoms with Crippen molar-refractivity contribution in [1.82, 2.24) is 5.48 Å². The number of hydrogen-bond donors (Lipinski definition) is 1. The molecule has 0 aliphatic carbocycles. The zero-order valence-electron chi connectivity index (χ0n) is 9.19. The molecule has 0 aromatic heterocycles. The van der Waals surface area contributed by atoms with E-state index < -0.39 is 0 Å². The molecule has 0 radical (unpaired) electrons. The van der Waals surface area contributed by atoms with Gasteiger partial charge in [-0.25, -0.2) is 0 Å². The summed E-state index contributed by atoms with van der Waals surface area (Å²) in [4.78, 5) is 16.0. The lowest BCUT2D eigenvalue weighted by Crippen LogP contribution is -2.23. The number of carbonyl (C=O) groups is 1. The van der Waals surface area contributed by atoms with Gasteiger partial charge in [0, 0.05) is 6.42 Å². The average molecular weight is 207 g/mol. The van der Waals surface area contributed by atoms with E-state index in [-0.39, 0.29) is 12.0 Å². The molecule has 0 aliphatic heterocycles. The van der Waals surface area contributed by atoms with E-state index in [0.717, 1.165) is 12.0 Å². The quantitative estimate of drug-likeness (QED) is 0.754. The van der Waals surface area contributed by atoms with E-state index in [1.54, 1.807) is 0 Å². The fourth-order valence-electron chi connectivity index (χ4n) is 1.22. The van der Waals surface area contributed by atoms with Gasteiger partial charge in [0.2, 0.25) is 0 Å². The van der Waals surface area contributed by atoms with Gasteiger partial charge in [0.1, 0.15) is 0 Å². The molecule has 0 spiro atoms.